The van der Waals surface area contributed by atoms with Gasteiger partial charge in [-0.15, -0.1) is 0 Å². The minimum absolute atomic E-state index is 0.0254. The zero-order valence-corrected chi connectivity index (χ0v) is 21.3. The molecule has 0 fully saturated rings. The third-order valence-electron chi connectivity index (χ3n) is 5.87. The van der Waals surface area contributed by atoms with E-state index in [1.807, 2.05) is 38.1 Å². The molecule has 2 aromatic rings. The number of fused-ring (bicyclic) bond motifs is 1. The molecule has 3 amide bonds. The van der Waals surface area contributed by atoms with Gasteiger partial charge in [0.25, 0.3) is 0 Å². The molecule has 0 saturated heterocycles. The zero-order valence-electron chi connectivity index (χ0n) is 21.3. The number of nitrogens with two attached hydrogens (primary N) is 1. The molecule has 38 heavy (non-hydrogen) atoms. The molecular formula is C25H35N5O8. The molecule has 208 valence electrons. The lowest BCUT2D eigenvalue weighted by Crippen LogP contribution is -2.58. The van der Waals surface area contributed by atoms with Crippen LogP contribution in [0.2, 0.25) is 0 Å². The van der Waals surface area contributed by atoms with Crippen LogP contribution in [0.4, 0.5) is 0 Å². The van der Waals surface area contributed by atoms with Crippen molar-refractivity contribution in [1.82, 2.24) is 20.9 Å². The first-order valence-corrected chi connectivity index (χ1v) is 12.2. The second kappa shape index (κ2) is 14.1. The van der Waals surface area contributed by atoms with Gasteiger partial charge in [0.2, 0.25) is 17.7 Å². The highest BCUT2D eigenvalue weighted by Gasteiger charge is 2.31. The Labute approximate surface area is 219 Å². The summed E-state index contributed by atoms with van der Waals surface area (Å²) in [5, 5.41) is 35.4. The molecule has 0 aliphatic heterocycles. The first-order chi connectivity index (χ1) is 17.9. The second-order valence-electron chi connectivity index (χ2n) is 9.44. The van der Waals surface area contributed by atoms with Crippen LogP contribution in [0, 0.1) is 5.92 Å². The molecule has 0 radical (unpaired) electrons. The van der Waals surface area contributed by atoms with Crippen molar-refractivity contribution in [3.8, 4) is 0 Å². The van der Waals surface area contributed by atoms with Gasteiger partial charge in [-0.1, -0.05) is 32.0 Å². The number of carbonyl (C=O) groups excluding carboxylic acids is 3. The van der Waals surface area contributed by atoms with Crippen molar-refractivity contribution in [2.75, 3.05) is 6.61 Å². The first kappa shape index (κ1) is 30.3. The second-order valence-corrected chi connectivity index (χ2v) is 9.44. The van der Waals surface area contributed by atoms with E-state index in [-0.39, 0.29) is 18.8 Å². The lowest BCUT2D eigenvalue weighted by atomic mass is 10.0. The molecule has 0 saturated carbocycles. The Morgan fingerprint density at radius 2 is 1.53 bits per heavy atom. The van der Waals surface area contributed by atoms with Crippen molar-refractivity contribution >= 4 is 40.6 Å². The Morgan fingerprint density at radius 3 is 2.13 bits per heavy atom. The number of benzene rings is 1. The molecule has 0 bridgehead atoms. The molecule has 2 rings (SSSR count). The highest BCUT2D eigenvalue weighted by molar-refractivity contribution is 5.95. The Hall–Kier alpha value is -3.97. The number of aromatic amines is 1. The third kappa shape index (κ3) is 8.85. The number of hydrogen-bond donors (Lipinski definition) is 8. The number of aromatic nitrogens is 1. The number of rotatable bonds is 15. The summed E-state index contributed by atoms with van der Waals surface area (Å²) in [6, 6.07) is 2.17. The third-order valence-corrected chi connectivity index (χ3v) is 5.87. The van der Waals surface area contributed by atoms with Crippen LogP contribution in [0.3, 0.4) is 0 Å². The zero-order chi connectivity index (χ0) is 28.4. The number of nitrogens with one attached hydrogen (secondary N) is 4. The monoisotopic (exact) mass is 533 g/mol. The number of aliphatic carboxylic acids is 2. The minimum atomic E-state index is -1.65. The molecule has 0 spiro atoms. The summed E-state index contributed by atoms with van der Waals surface area (Å²) in [6.45, 7) is 2.88. The Kier molecular flexibility index (Phi) is 11.2. The van der Waals surface area contributed by atoms with E-state index in [2.05, 4.69) is 20.9 Å². The molecule has 4 unspecified atom stereocenters. The van der Waals surface area contributed by atoms with E-state index in [1.54, 1.807) is 6.20 Å². The van der Waals surface area contributed by atoms with Crippen LogP contribution in [0.15, 0.2) is 30.5 Å². The van der Waals surface area contributed by atoms with Gasteiger partial charge in [0.15, 0.2) is 0 Å². The molecule has 9 N–H and O–H groups in total. The van der Waals surface area contributed by atoms with Crippen LogP contribution in [0.1, 0.15) is 38.7 Å². The fourth-order valence-electron chi connectivity index (χ4n) is 3.89. The van der Waals surface area contributed by atoms with Crippen molar-refractivity contribution in [2.45, 2.75) is 63.7 Å². The number of carboxylic acids is 2. The molecule has 1 heterocycles. The molecule has 0 aliphatic carbocycles. The Balaban J connectivity index is 2.30. The van der Waals surface area contributed by atoms with Gasteiger partial charge in [-0.3, -0.25) is 19.2 Å². The fourth-order valence-corrected chi connectivity index (χ4v) is 3.89. The smallest absolute Gasteiger partial charge is 0.328 e. The van der Waals surface area contributed by atoms with Crippen molar-refractivity contribution in [1.29, 1.82) is 0 Å². The van der Waals surface area contributed by atoms with Crippen molar-refractivity contribution in [3.63, 3.8) is 0 Å². The first-order valence-electron chi connectivity index (χ1n) is 12.2. The minimum Gasteiger partial charge on any atom is -0.481 e. The van der Waals surface area contributed by atoms with Crippen LogP contribution in [-0.2, 0) is 30.4 Å². The van der Waals surface area contributed by atoms with Gasteiger partial charge in [-0.25, -0.2) is 4.79 Å². The summed E-state index contributed by atoms with van der Waals surface area (Å²) in [6.07, 6.45) is 1.23. The number of carbonyl (C=O) groups is 5. The van der Waals surface area contributed by atoms with E-state index in [1.165, 1.54) is 0 Å². The molecule has 0 aliphatic rings. The van der Waals surface area contributed by atoms with Gasteiger partial charge in [0, 0.05) is 29.9 Å². The van der Waals surface area contributed by atoms with E-state index in [9.17, 15) is 29.1 Å². The molecular weight excluding hydrogens is 498 g/mol. The van der Waals surface area contributed by atoms with Gasteiger partial charge < -0.3 is 42.0 Å². The predicted molar refractivity (Wildman–Crippen MR) is 137 cm³/mol. The van der Waals surface area contributed by atoms with Gasteiger partial charge in [0.05, 0.1) is 12.6 Å². The summed E-state index contributed by atoms with van der Waals surface area (Å²) in [4.78, 5) is 64.3. The van der Waals surface area contributed by atoms with Crippen molar-refractivity contribution < 1.29 is 39.3 Å². The maximum atomic E-state index is 13.4. The average molecular weight is 534 g/mol. The predicted octanol–water partition coefficient (Wildman–Crippen LogP) is -0.520. The van der Waals surface area contributed by atoms with Gasteiger partial charge in [0.1, 0.15) is 18.1 Å². The maximum absolute atomic E-state index is 13.4. The highest BCUT2D eigenvalue weighted by atomic mass is 16.4. The van der Waals surface area contributed by atoms with E-state index >= 15 is 0 Å². The summed E-state index contributed by atoms with van der Waals surface area (Å²) in [5.41, 5.74) is 7.52. The molecule has 4 atom stereocenters. The molecule has 13 nitrogen and oxygen atoms in total. The lowest BCUT2D eigenvalue weighted by molar-refractivity contribution is -0.144. The Morgan fingerprint density at radius 1 is 0.921 bits per heavy atom. The number of aliphatic hydroxyl groups is 1. The largest absolute Gasteiger partial charge is 0.481 e. The van der Waals surface area contributed by atoms with Gasteiger partial charge in [-0.2, -0.15) is 0 Å². The van der Waals surface area contributed by atoms with Crippen molar-refractivity contribution in [3.05, 3.63) is 36.0 Å². The number of H-pyrrole nitrogens is 1. The van der Waals surface area contributed by atoms with Crippen LogP contribution < -0.4 is 21.7 Å². The summed E-state index contributed by atoms with van der Waals surface area (Å²) in [7, 11) is 0. The standard InChI is InChI=1S/C25H35N5O8/c1-13(2)9-16(26)22(34)29-19(10-14-11-27-17-6-4-3-5-15(14)17)24(36)28-18(7-8-21(32)33)23(35)30-20(12-31)25(37)38/h3-6,11,13,16,18-20,27,31H,7-10,12,26H2,1-2H3,(H,28,36)(H,29,34)(H,30,35)(H,32,33)(H,37,38). The van der Waals surface area contributed by atoms with E-state index in [0.29, 0.717) is 12.0 Å². The number of para-hydroxylation sites is 1. The number of amides is 3. The van der Waals surface area contributed by atoms with Crippen LogP contribution in [0.25, 0.3) is 10.9 Å². The quantitative estimate of drug-likeness (QED) is 0.147. The van der Waals surface area contributed by atoms with E-state index < -0.39 is 66.9 Å². The van der Waals surface area contributed by atoms with Crippen LogP contribution in [-0.4, -0.2) is 80.7 Å². The Bertz CT molecular complexity index is 1150. The maximum Gasteiger partial charge on any atom is 0.328 e. The average Bonchev–Trinajstić information content (AvgIpc) is 3.26. The number of aliphatic hydroxyl groups excluding tert-OH is 1. The topological polar surface area (TPSA) is 224 Å². The molecule has 1 aromatic carbocycles. The fraction of sp³-hybridized carbons (Fsp3) is 0.480. The van der Waals surface area contributed by atoms with Crippen molar-refractivity contribution in [2.24, 2.45) is 11.7 Å². The SMILES string of the molecule is CC(C)CC(N)C(=O)NC(Cc1c[nH]c2ccccc12)C(=O)NC(CCC(=O)O)C(=O)NC(CO)C(=O)O. The highest BCUT2D eigenvalue weighted by Crippen LogP contribution is 2.19. The van der Waals surface area contributed by atoms with Crippen LogP contribution in [0.5, 0.6) is 0 Å². The number of hydrogen-bond acceptors (Lipinski definition) is 7. The van der Waals surface area contributed by atoms with E-state index in [4.69, 9.17) is 15.9 Å². The summed E-state index contributed by atoms with van der Waals surface area (Å²) >= 11 is 0. The normalized spacial score (nSPS) is 14.3. The lowest BCUT2D eigenvalue weighted by Gasteiger charge is -2.25. The van der Waals surface area contributed by atoms with Gasteiger partial charge >= 0.3 is 11.9 Å². The molecule has 13 heteroatoms. The molecule has 1 aromatic heterocycles. The van der Waals surface area contributed by atoms with Crippen LogP contribution >= 0.6 is 0 Å². The van der Waals surface area contributed by atoms with E-state index in [0.717, 1.165) is 10.9 Å². The summed E-state index contributed by atoms with van der Waals surface area (Å²) < 4.78 is 0. The number of carboxylic acid groups (broad SMARTS) is 2. The summed E-state index contributed by atoms with van der Waals surface area (Å²) in [5.74, 6) is -4.98. The van der Waals surface area contributed by atoms with Gasteiger partial charge in [-0.05, 0) is 30.4 Å².